The van der Waals surface area contributed by atoms with Gasteiger partial charge in [0, 0.05) is 37.8 Å². The quantitative estimate of drug-likeness (QED) is 0.292. The lowest BCUT2D eigenvalue weighted by atomic mass is 9.75. The SMILES string of the molecule is CC[C@H]1NC(=O)[C@H](C)[C@@H](O[C@H]2C[C@@](C)(OC)C[C@H](C)O2)[C@H](C)[C@@H](O[C@@H]2O[C@H](C)C[C@H](N(C)CC)[C@H]2O)[C@@]2(C)C[C@@H](C)[C@@H](O2)[C@H](C)[C@@H](O)[C@]1(C)O. The Labute approximate surface area is 301 Å². The zero-order valence-electron chi connectivity index (χ0n) is 33.0. The van der Waals surface area contributed by atoms with E-state index >= 15 is 0 Å². The summed E-state index contributed by atoms with van der Waals surface area (Å²) in [5.41, 5.74) is -3.05. The van der Waals surface area contributed by atoms with Crippen LogP contribution in [0.3, 0.4) is 0 Å². The van der Waals surface area contributed by atoms with E-state index in [2.05, 4.69) is 24.1 Å². The minimum absolute atomic E-state index is 0.00631. The number of carbonyl (C=O) groups excluding carboxylic acids is 1. The first kappa shape index (κ1) is 41.8. The summed E-state index contributed by atoms with van der Waals surface area (Å²) in [5, 5.41) is 38.4. The Kier molecular flexibility index (Phi) is 13.6. The zero-order chi connectivity index (χ0) is 37.5. The van der Waals surface area contributed by atoms with E-state index in [9.17, 15) is 20.1 Å². The van der Waals surface area contributed by atoms with Crippen molar-refractivity contribution in [1.29, 1.82) is 0 Å². The smallest absolute Gasteiger partial charge is 0.225 e. The third-order valence-corrected chi connectivity index (χ3v) is 12.7. The van der Waals surface area contributed by atoms with E-state index in [1.54, 1.807) is 14.0 Å². The van der Waals surface area contributed by atoms with Gasteiger partial charge < -0.3 is 54.0 Å². The summed E-state index contributed by atoms with van der Waals surface area (Å²) < 4.78 is 39.5. The van der Waals surface area contributed by atoms with E-state index in [0.29, 0.717) is 32.1 Å². The first-order valence-corrected chi connectivity index (χ1v) is 19.2. The van der Waals surface area contributed by atoms with Gasteiger partial charge in [-0.1, -0.05) is 41.5 Å². The van der Waals surface area contributed by atoms with Gasteiger partial charge in [-0.05, 0) is 73.4 Å². The number of fused-ring (bicyclic) bond motifs is 2. The molecule has 0 spiro atoms. The molecule has 4 aliphatic heterocycles. The minimum Gasteiger partial charge on any atom is -0.390 e. The highest BCUT2D eigenvalue weighted by molar-refractivity contribution is 5.79. The van der Waals surface area contributed by atoms with Crippen molar-refractivity contribution in [2.45, 2.75) is 192 Å². The number of ether oxygens (including phenoxy) is 6. The highest BCUT2D eigenvalue weighted by atomic mass is 16.7. The number of amides is 1. The van der Waals surface area contributed by atoms with Crippen molar-refractivity contribution >= 4 is 5.91 Å². The maximum absolute atomic E-state index is 14.2. The molecule has 2 bridgehead atoms. The van der Waals surface area contributed by atoms with Crippen LogP contribution < -0.4 is 5.32 Å². The Balaban J connectivity index is 1.83. The average molecular weight is 715 g/mol. The molecule has 50 heavy (non-hydrogen) atoms. The van der Waals surface area contributed by atoms with Crippen LogP contribution in [0.25, 0.3) is 0 Å². The fourth-order valence-electron chi connectivity index (χ4n) is 9.54. The second-order valence-corrected chi connectivity index (χ2v) is 17.0. The summed E-state index contributed by atoms with van der Waals surface area (Å²) in [5.74, 6) is -2.01. The summed E-state index contributed by atoms with van der Waals surface area (Å²) in [6.07, 6.45) is -3.15. The number of hydrogen-bond acceptors (Lipinski definition) is 11. The Morgan fingerprint density at radius 3 is 2.20 bits per heavy atom. The van der Waals surface area contributed by atoms with Gasteiger partial charge >= 0.3 is 0 Å². The molecule has 4 fully saturated rings. The normalized spacial score (nSPS) is 51.1. The number of rotatable bonds is 8. The van der Waals surface area contributed by atoms with Crippen LogP contribution in [0.15, 0.2) is 0 Å². The number of nitrogens with zero attached hydrogens (tertiary/aromatic N) is 1. The largest absolute Gasteiger partial charge is 0.390 e. The molecule has 0 saturated carbocycles. The molecule has 4 saturated heterocycles. The van der Waals surface area contributed by atoms with Crippen LogP contribution in [0.5, 0.6) is 0 Å². The molecule has 1 amide bonds. The summed E-state index contributed by atoms with van der Waals surface area (Å²) >= 11 is 0. The lowest BCUT2D eigenvalue weighted by Crippen LogP contribution is -2.61. The molecule has 0 aliphatic carbocycles. The van der Waals surface area contributed by atoms with Crippen molar-refractivity contribution in [3.8, 4) is 0 Å². The lowest BCUT2D eigenvalue weighted by Gasteiger charge is -2.48. The maximum atomic E-state index is 14.2. The summed E-state index contributed by atoms with van der Waals surface area (Å²) in [6.45, 7) is 22.1. The Morgan fingerprint density at radius 1 is 0.940 bits per heavy atom. The molecule has 12 heteroatoms. The molecule has 292 valence electrons. The van der Waals surface area contributed by atoms with Gasteiger partial charge in [-0.25, -0.2) is 0 Å². The lowest BCUT2D eigenvalue weighted by molar-refractivity contribution is -0.311. The van der Waals surface area contributed by atoms with Gasteiger partial charge in [0.15, 0.2) is 12.6 Å². The first-order chi connectivity index (χ1) is 23.2. The van der Waals surface area contributed by atoms with Crippen molar-refractivity contribution < 1.29 is 48.5 Å². The fraction of sp³-hybridized carbons (Fsp3) is 0.974. The molecular weight excluding hydrogens is 644 g/mol. The van der Waals surface area contributed by atoms with Crippen LogP contribution in [0, 0.1) is 23.7 Å². The van der Waals surface area contributed by atoms with Crippen LogP contribution >= 0.6 is 0 Å². The van der Waals surface area contributed by atoms with Crippen molar-refractivity contribution in [2.24, 2.45) is 23.7 Å². The standard InChI is InChI=1S/C38H70N2O10/c1-14-27-38(11,44)32(42)23(6)30-20(3)17-37(10,50-30)33(49-35-29(41)26(40(12)15-2)16-21(4)47-35)24(7)31(25(8)34(43)39-27)48-28-19-36(9,45-13)18-22(5)46-28/h20-33,35,41-42,44H,14-19H2,1-13H3,(H,39,43)/t20-,21-,22+,23+,24+,25-,26+,27-,28+,29-,30-,31+,32-,33-,35+,36+,37-,38-/m1/s1. The number of aliphatic hydroxyl groups excluding tert-OH is 2. The topological polar surface area (TPSA) is 148 Å². The third kappa shape index (κ3) is 8.55. The predicted octanol–water partition coefficient (Wildman–Crippen LogP) is 3.62. The Morgan fingerprint density at radius 2 is 1.60 bits per heavy atom. The summed E-state index contributed by atoms with van der Waals surface area (Å²) in [7, 11) is 3.69. The minimum atomic E-state index is -1.64. The Hall–Kier alpha value is -0.930. The number of carbonyl (C=O) groups is 1. The zero-order valence-corrected chi connectivity index (χ0v) is 33.0. The number of likely N-dealkylation sites (N-methyl/N-ethyl adjacent to an activating group) is 1. The van der Waals surface area contributed by atoms with Crippen molar-refractivity contribution in [3.63, 3.8) is 0 Å². The van der Waals surface area contributed by atoms with Crippen LogP contribution in [-0.2, 0) is 33.2 Å². The third-order valence-electron chi connectivity index (χ3n) is 12.7. The number of nitrogens with one attached hydrogen (secondary N) is 1. The van der Waals surface area contributed by atoms with E-state index in [0.717, 1.165) is 6.54 Å². The van der Waals surface area contributed by atoms with E-state index in [-0.39, 0.29) is 30.1 Å². The highest BCUT2D eigenvalue weighted by Crippen LogP contribution is 2.47. The first-order valence-electron chi connectivity index (χ1n) is 19.2. The predicted molar refractivity (Wildman–Crippen MR) is 189 cm³/mol. The van der Waals surface area contributed by atoms with Gasteiger partial charge in [0.05, 0.1) is 59.8 Å². The van der Waals surface area contributed by atoms with Gasteiger partial charge in [0.25, 0.3) is 0 Å². The molecule has 0 aromatic rings. The molecular formula is C38H70N2O10. The number of aliphatic hydroxyl groups is 3. The molecule has 4 N–H and O–H groups in total. The second kappa shape index (κ2) is 16.2. The van der Waals surface area contributed by atoms with Gasteiger partial charge in [0.1, 0.15) is 11.7 Å². The van der Waals surface area contributed by atoms with Gasteiger partial charge in [-0.3, -0.25) is 4.79 Å². The molecule has 4 heterocycles. The number of methoxy groups -OCH3 is 1. The molecule has 4 rings (SSSR count). The van der Waals surface area contributed by atoms with E-state index in [1.165, 1.54) is 0 Å². The fourth-order valence-corrected chi connectivity index (χ4v) is 9.54. The molecule has 0 aromatic carbocycles. The average Bonchev–Trinajstić information content (AvgIpc) is 3.37. The monoisotopic (exact) mass is 715 g/mol. The molecule has 0 aromatic heterocycles. The van der Waals surface area contributed by atoms with Crippen molar-refractivity contribution in [2.75, 3.05) is 20.7 Å². The molecule has 18 atom stereocenters. The summed E-state index contributed by atoms with van der Waals surface area (Å²) in [4.78, 5) is 16.4. The van der Waals surface area contributed by atoms with Crippen LogP contribution in [0.2, 0.25) is 0 Å². The highest BCUT2D eigenvalue weighted by Gasteiger charge is 2.57. The van der Waals surface area contributed by atoms with Crippen LogP contribution in [0.4, 0.5) is 0 Å². The van der Waals surface area contributed by atoms with Crippen LogP contribution in [0.1, 0.15) is 108 Å². The van der Waals surface area contributed by atoms with Crippen molar-refractivity contribution in [1.82, 2.24) is 10.2 Å². The van der Waals surface area contributed by atoms with Crippen molar-refractivity contribution in [3.05, 3.63) is 0 Å². The summed E-state index contributed by atoms with van der Waals surface area (Å²) in [6, 6.07) is -0.906. The van der Waals surface area contributed by atoms with E-state index in [4.69, 9.17) is 28.4 Å². The van der Waals surface area contributed by atoms with Crippen LogP contribution in [-0.4, -0.2) is 131 Å². The molecule has 12 nitrogen and oxygen atoms in total. The maximum Gasteiger partial charge on any atom is 0.225 e. The van der Waals surface area contributed by atoms with Gasteiger partial charge in [0.2, 0.25) is 5.91 Å². The van der Waals surface area contributed by atoms with E-state index in [1.807, 2.05) is 62.4 Å². The Bertz CT molecular complexity index is 1130. The van der Waals surface area contributed by atoms with E-state index < -0.39 is 83.7 Å². The van der Waals surface area contributed by atoms with Gasteiger partial charge in [-0.2, -0.15) is 0 Å². The molecule has 0 unspecified atom stereocenters. The van der Waals surface area contributed by atoms with Gasteiger partial charge in [-0.15, -0.1) is 0 Å². The number of hydrogen-bond donors (Lipinski definition) is 4. The second-order valence-electron chi connectivity index (χ2n) is 17.0. The molecule has 4 aliphatic rings. The molecule has 0 radical (unpaired) electrons.